The fourth-order valence-corrected chi connectivity index (χ4v) is 1.87. The Labute approximate surface area is 111 Å². The van der Waals surface area contributed by atoms with Crippen LogP contribution in [0.5, 0.6) is 5.75 Å². The van der Waals surface area contributed by atoms with E-state index in [1.807, 2.05) is 0 Å². The van der Waals surface area contributed by atoms with E-state index in [-0.39, 0.29) is 18.9 Å². The Morgan fingerprint density at radius 3 is 2.65 bits per heavy atom. The highest BCUT2D eigenvalue weighted by molar-refractivity contribution is 5.95. The topological polar surface area (TPSA) is 78.4 Å². The standard InChI is InChI=1S/C12H11F3N2O3/c13-7-3-6(9(14)11(19)10(7)15)12(20)17-5-1-2-8(18)16-4-5/h3,5,19H,1-2,4H2,(H,16,18)(H,17,20). The molecule has 1 aromatic rings. The first-order chi connectivity index (χ1) is 9.40. The lowest BCUT2D eigenvalue weighted by Crippen LogP contribution is -2.47. The first-order valence-corrected chi connectivity index (χ1v) is 5.84. The highest BCUT2D eigenvalue weighted by Gasteiger charge is 2.25. The van der Waals surface area contributed by atoms with Crippen molar-refractivity contribution in [1.29, 1.82) is 0 Å². The number of aromatic hydroxyl groups is 1. The predicted octanol–water partition coefficient (Wildman–Crippen LogP) is 0.818. The summed E-state index contributed by atoms with van der Waals surface area (Å²) in [6.07, 6.45) is 0.561. The zero-order valence-electron chi connectivity index (χ0n) is 10.2. The summed E-state index contributed by atoms with van der Waals surface area (Å²) in [5.41, 5.74) is -0.793. The zero-order valence-corrected chi connectivity index (χ0v) is 10.2. The predicted molar refractivity (Wildman–Crippen MR) is 61.5 cm³/mol. The lowest BCUT2D eigenvalue weighted by Gasteiger charge is -2.23. The van der Waals surface area contributed by atoms with Crippen LogP contribution in [0.25, 0.3) is 0 Å². The van der Waals surface area contributed by atoms with Crippen molar-refractivity contribution in [2.45, 2.75) is 18.9 Å². The molecule has 0 saturated carbocycles. The molecular weight excluding hydrogens is 277 g/mol. The van der Waals surface area contributed by atoms with E-state index in [1.165, 1.54) is 0 Å². The van der Waals surface area contributed by atoms with Gasteiger partial charge in [-0.2, -0.15) is 4.39 Å². The molecule has 5 nitrogen and oxygen atoms in total. The van der Waals surface area contributed by atoms with Crippen molar-refractivity contribution in [3.63, 3.8) is 0 Å². The van der Waals surface area contributed by atoms with Crippen LogP contribution in [0.1, 0.15) is 23.2 Å². The number of phenolic OH excluding ortho intramolecular Hbond substituents is 1. The van der Waals surface area contributed by atoms with E-state index >= 15 is 0 Å². The largest absolute Gasteiger partial charge is 0.503 e. The molecule has 1 atom stereocenters. The molecule has 1 aromatic carbocycles. The summed E-state index contributed by atoms with van der Waals surface area (Å²) >= 11 is 0. The molecule has 1 heterocycles. The number of piperidine rings is 1. The van der Waals surface area contributed by atoms with E-state index in [2.05, 4.69) is 10.6 Å². The molecule has 0 spiro atoms. The van der Waals surface area contributed by atoms with Crippen LogP contribution in [0, 0.1) is 17.5 Å². The van der Waals surface area contributed by atoms with Gasteiger partial charge >= 0.3 is 0 Å². The lowest BCUT2D eigenvalue weighted by molar-refractivity contribution is -0.122. The van der Waals surface area contributed by atoms with Gasteiger partial charge in [0.15, 0.2) is 17.4 Å². The summed E-state index contributed by atoms with van der Waals surface area (Å²) in [4.78, 5) is 22.7. The summed E-state index contributed by atoms with van der Waals surface area (Å²) < 4.78 is 39.5. The van der Waals surface area contributed by atoms with Crippen LogP contribution in [-0.4, -0.2) is 29.5 Å². The molecule has 1 saturated heterocycles. The van der Waals surface area contributed by atoms with Crippen molar-refractivity contribution in [1.82, 2.24) is 10.6 Å². The fraction of sp³-hybridized carbons (Fsp3) is 0.333. The van der Waals surface area contributed by atoms with Gasteiger partial charge in [0.25, 0.3) is 5.91 Å². The minimum absolute atomic E-state index is 0.160. The third kappa shape index (κ3) is 2.68. The van der Waals surface area contributed by atoms with E-state index in [0.717, 1.165) is 0 Å². The lowest BCUT2D eigenvalue weighted by atomic mass is 10.1. The third-order valence-corrected chi connectivity index (χ3v) is 2.98. The van der Waals surface area contributed by atoms with Crippen LogP contribution < -0.4 is 10.6 Å². The monoisotopic (exact) mass is 288 g/mol. The molecule has 2 rings (SSSR count). The molecule has 0 radical (unpaired) electrons. The maximum Gasteiger partial charge on any atom is 0.254 e. The van der Waals surface area contributed by atoms with E-state index in [9.17, 15) is 22.8 Å². The summed E-state index contributed by atoms with van der Waals surface area (Å²) in [6, 6.07) is -0.0592. The Balaban J connectivity index is 2.15. The maximum absolute atomic E-state index is 13.5. The van der Waals surface area contributed by atoms with Crippen LogP contribution >= 0.6 is 0 Å². The second kappa shape index (κ2) is 5.40. The molecule has 0 aliphatic carbocycles. The average Bonchev–Trinajstić information content (AvgIpc) is 2.43. The van der Waals surface area contributed by atoms with Gasteiger partial charge in [-0.05, 0) is 12.5 Å². The summed E-state index contributed by atoms with van der Waals surface area (Å²) in [5, 5.41) is 13.9. The minimum atomic E-state index is -1.75. The van der Waals surface area contributed by atoms with Crippen molar-refractivity contribution in [3.8, 4) is 5.75 Å². The van der Waals surface area contributed by atoms with E-state index in [0.29, 0.717) is 12.5 Å². The van der Waals surface area contributed by atoms with Crippen LogP contribution in [-0.2, 0) is 4.79 Å². The molecule has 8 heteroatoms. The van der Waals surface area contributed by atoms with Gasteiger partial charge in [0.2, 0.25) is 11.7 Å². The molecule has 1 unspecified atom stereocenters. The van der Waals surface area contributed by atoms with Crippen molar-refractivity contribution in [2.75, 3.05) is 6.54 Å². The fourth-order valence-electron chi connectivity index (χ4n) is 1.87. The molecule has 1 fully saturated rings. The molecule has 1 aliphatic heterocycles. The number of carbonyl (C=O) groups is 2. The number of halogens is 3. The van der Waals surface area contributed by atoms with Crippen molar-refractivity contribution >= 4 is 11.8 Å². The number of amides is 2. The number of hydrogen-bond acceptors (Lipinski definition) is 3. The molecule has 20 heavy (non-hydrogen) atoms. The van der Waals surface area contributed by atoms with Crippen molar-refractivity contribution in [3.05, 3.63) is 29.1 Å². The quantitative estimate of drug-likeness (QED) is 0.705. The Bertz CT molecular complexity index is 568. The minimum Gasteiger partial charge on any atom is -0.503 e. The van der Waals surface area contributed by atoms with Crippen molar-refractivity contribution in [2.24, 2.45) is 0 Å². The second-order valence-corrected chi connectivity index (χ2v) is 4.40. The Hall–Kier alpha value is -2.25. The molecule has 3 N–H and O–H groups in total. The molecule has 108 valence electrons. The number of hydrogen-bond donors (Lipinski definition) is 3. The number of carbonyl (C=O) groups excluding carboxylic acids is 2. The SMILES string of the molecule is O=C1CCC(NC(=O)c2cc(F)c(F)c(O)c2F)CN1. The molecule has 0 aromatic heterocycles. The smallest absolute Gasteiger partial charge is 0.254 e. The number of rotatable bonds is 2. The highest BCUT2D eigenvalue weighted by Crippen LogP contribution is 2.25. The van der Waals surface area contributed by atoms with Crippen LogP contribution in [0.15, 0.2) is 6.07 Å². The van der Waals surface area contributed by atoms with E-state index in [4.69, 9.17) is 5.11 Å². The molecular formula is C12H11F3N2O3. The Morgan fingerprint density at radius 1 is 1.35 bits per heavy atom. The van der Waals surface area contributed by atoms with Gasteiger partial charge in [0.05, 0.1) is 5.56 Å². The van der Waals surface area contributed by atoms with Crippen LogP contribution in [0.3, 0.4) is 0 Å². The van der Waals surface area contributed by atoms with Crippen molar-refractivity contribution < 1.29 is 27.9 Å². The first-order valence-electron chi connectivity index (χ1n) is 5.84. The van der Waals surface area contributed by atoms with Gasteiger partial charge < -0.3 is 15.7 Å². The van der Waals surface area contributed by atoms with E-state index in [1.54, 1.807) is 0 Å². The number of benzene rings is 1. The van der Waals surface area contributed by atoms with E-state index < -0.39 is 40.7 Å². The average molecular weight is 288 g/mol. The summed E-state index contributed by atoms with van der Waals surface area (Å²) in [7, 11) is 0. The number of nitrogens with one attached hydrogen (secondary N) is 2. The van der Waals surface area contributed by atoms with Gasteiger partial charge in [-0.15, -0.1) is 0 Å². The van der Waals surface area contributed by atoms with Gasteiger partial charge in [0, 0.05) is 19.0 Å². The third-order valence-electron chi connectivity index (χ3n) is 2.98. The van der Waals surface area contributed by atoms with Crippen LogP contribution in [0.4, 0.5) is 13.2 Å². The van der Waals surface area contributed by atoms with Gasteiger partial charge in [-0.3, -0.25) is 9.59 Å². The maximum atomic E-state index is 13.5. The summed E-state index contributed by atoms with van der Waals surface area (Å²) in [6.45, 7) is 0.169. The zero-order chi connectivity index (χ0) is 14.9. The first kappa shape index (κ1) is 14.2. The molecule has 2 amide bonds. The van der Waals surface area contributed by atoms with Gasteiger partial charge in [-0.1, -0.05) is 0 Å². The second-order valence-electron chi connectivity index (χ2n) is 4.40. The summed E-state index contributed by atoms with van der Waals surface area (Å²) in [5.74, 6) is -7.48. The van der Waals surface area contributed by atoms with Gasteiger partial charge in [-0.25, -0.2) is 8.78 Å². The highest BCUT2D eigenvalue weighted by atomic mass is 19.2. The van der Waals surface area contributed by atoms with Crippen LogP contribution in [0.2, 0.25) is 0 Å². The Kier molecular flexibility index (Phi) is 3.82. The molecule has 1 aliphatic rings. The normalized spacial score (nSPS) is 18.6. The van der Waals surface area contributed by atoms with Gasteiger partial charge in [0.1, 0.15) is 0 Å². The number of phenols is 1. The Morgan fingerprint density at radius 2 is 2.05 bits per heavy atom. The molecule has 0 bridgehead atoms.